The molecular weight excluding hydrogens is 386 g/mol. The summed E-state index contributed by atoms with van der Waals surface area (Å²) >= 11 is 1.55. The van der Waals surface area contributed by atoms with Crippen LogP contribution >= 0.6 is 11.3 Å². The van der Waals surface area contributed by atoms with E-state index in [2.05, 4.69) is 29.6 Å². The maximum atomic E-state index is 12.9. The smallest absolute Gasteiger partial charge is 0.265 e. The van der Waals surface area contributed by atoms with E-state index in [1.807, 2.05) is 12.1 Å². The number of carbonyl (C=O) groups excluding carboxylic acids is 1. The fourth-order valence-electron chi connectivity index (χ4n) is 3.48. The normalized spacial score (nSPS) is 12.1. The monoisotopic (exact) mass is 409 g/mol. The van der Waals surface area contributed by atoms with E-state index in [0.29, 0.717) is 35.3 Å². The van der Waals surface area contributed by atoms with Crippen LogP contribution in [0, 0.1) is 0 Å². The Kier molecular flexibility index (Phi) is 5.83. The molecular formula is C23H23NO4S. The fraction of sp³-hybridized carbons (Fsp3) is 0.261. The molecule has 29 heavy (non-hydrogen) atoms. The highest BCUT2D eigenvalue weighted by Crippen LogP contribution is 2.40. The number of ether oxygens (including phenoxy) is 3. The molecule has 1 aromatic heterocycles. The summed E-state index contributed by atoms with van der Waals surface area (Å²) in [5.41, 5.74) is 4.50. The van der Waals surface area contributed by atoms with Crippen LogP contribution in [0.15, 0.2) is 48.5 Å². The molecule has 4 rings (SSSR count). The van der Waals surface area contributed by atoms with Crippen molar-refractivity contribution in [3.63, 3.8) is 0 Å². The van der Waals surface area contributed by atoms with Gasteiger partial charge in [-0.15, -0.1) is 11.3 Å². The summed E-state index contributed by atoms with van der Waals surface area (Å²) in [5.74, 6) is 1.07. The molecule has 6 heteroatoms. The minimum absolute atomic E-state index is 0.116. The van der Waals surface area contributed by atoms with Crippen molar-refractivity contribution >= 4 is 22.9 Å². The van der Waals surface area contributed by atoms with Crippen LogP contribution in [0.5, 0.6) is 11.5 Å². The molecule has 1 aliphatic rings. The van der Waals surface area contributed by atoms with Gasteiger partial charge in [0.2, 0.25) is 0 Å². The first-order valence-electron chi connectivity index (χ1n) is 9.51. The Morgan fingerprint density at radius 1 is 1.00 bits per heavy atom. The second kappa shape index (κ2) is 8.68. The number of hydrogen-bond acceptors (Lipinski definition) is 5. The summed E-state index contributed by atoms with van der Waals surface area (Å²) in [6.45, 7) is 0.878. The van der Waals surface area contributed by atoms with Gasteiger partial charge in [0, 0.05) is 23.7 Å². The van der Waals surface area contributed by atoms with E-state index >= 15 is 0 Å². The summed E-state index contributed by atoms with van der Waals surface area (Å²) in [6, 6.07) is 15.8. The molecule has 1 heterocycles. The lowest BCUT2D eigenvalue weighted by Crippen LogP contribution is -2.11. The highest BCUT2D eigenvalue weighted by Gasteiger charge is 2.21. The zero-order chi connectivity index (χ0) is 20.2. The summed E-state index contributed by atoms with van der Waals surface area (Å²) in [7, 11) is 3.21. The molecule has 0 unspecified atom stereocenters. The van der Waals surface area contributed by atoms with Crippen LogP contribution < -0.4 is 14.8 Å². The highest BCUT2D eigenvalue weighted by atomic mass is 32.1. The second-order valence-corrected chi connectivity index (χ2v) is 7.84. The quantitative estimate of drug-likeness (QED) is 0.570. The summed E-state index contributed by atoms with van der Waals surface area (Å²) in [5, 5.41) is 2.98. The second-order valence-electron chi connectivity index (χ2n) is 6.78. The van der Waals surface area contributed by atoms with Crippen LogP contribution in [0.4, 0.5) is 5.69 Å². The predicted octanol–water partition coefficient (Wildman–Crippen LogP) is 4.80. The Bertz CT molecular complexity index is 1030. The summed E-state index contributed by atoms with van der Waals surface area (Å²) < 4.78 is 16.1. The number of anilines is 1. The van der Waals surface area contributed by atoms with E-state index in [4.69, 9.17) is 14.2 Å². The third kappa shape index (κ3) is 4.13. The van der Waals surface area contributed by atoms with Crippen LogP contribution in [0.25, 0.3) is 10.4 Å². The molecule has 1 amide bonds. The third-order valence-electron chi connectivity index (χ3n) is 4.92. The molecule has 5 nitrogen and oxygen atoms in total. The van der Waals surface area contributed by atoms with Gasteiger partial charge in [0.1, 0.15) is 6.61 Å². The van der Waals surface area contributed by atoms with Crippen LogP contribution in [0.2, 0.25) is 0 Å². The molecule has 0 saturated carbocycles. The maximum absolute atomic E-state index is 12.9. The Labute approximate surface area is 174 Å². The van der Waals surface area contributed by atoms with Crippen LogP contribution in [0.1, 0.15) is 20.8 Å². The average molecular weight is 410 g/mol. The highest BCUT2D eigenvalue weighted by molar-refractivity contribution is 7.17. The van der Waals surface area contributed by atoms with Gasteiger partial charge in [-0.05, 0) is 47.7 Å². The van der Waals surface area contributed by atoms with Gasteiger partial charge in [-0.25, -0.2) is 0 Å². The van der Waals surface area contributed by atoms with Crippen LogP contribution in [-0.4, -0.2) is 33.3 Å². The first-order valence-corrected chi connectivity index (χ1v) is 10.3. The Morgan fingerprint density at radius 3 is 2.66 bits per heavy atom. The van der Waals surface area contributed by atoms with Crippen molar-refractivity contribution in [1.29, 1.82) is 0 Å². The lowest BCUT2D eigenvalue weighted by atomic mass is 9.91. The van der Waals surface area contributed by atoms with Gasteiger partial charge < -0.3 is 19.5 Å². The summed E-state index contributed by atoms with van der Waals surface area (Å²) in [6.07, 6.45) is 1.98. The number of carbonyl (C=O) groups is 1. The number of benzene rings is 2. The van der Waals surface area contributed by atoms with E-state index in [-0.39, 0.29) is 5.91 Å². The molecule has 0 radical (unpaired) electrons. The molecule has 0 aliphatic heterocycles. The van der Waals surface area contributed by atoms with Gasteiger partial charge >= 0.3 is 0 Å². The minimum Gasteiger partial charge on any atom is -0.493 e. The van der Waals surface area contributed by atoms with Gasteiger partial charge in [0.15, 0.2) is 11.5 Å². The minimum atomic E-state index is -0.116. The predicted molar refractivity (Wildman–Crippen MR) is 115 cm³/mol. The van der Waals surface area contributed by atoms with E-state index in [0.717, 1.165) is 12.8 Å². The standard InChI is InChI=1S/C23H23NO4S/c1-26-11-12-28-20-14-17(9-10-19(20)27-2)24-23(25)21-13-16-8-7-15-5-3-4-6-18(15)22(16)29-21/h3-6,9-10,13-14H,7-8,11-12H2,1-2H3,(H,24,25). The third-order valence-corrected chi connectivity index (χ3v) is 6.13. The number of aryl methyl sites for hydroxylation is 2. The van der Waals surface area contributed by atoms with E-state index in [9.17, 15) is 4.79 Å². The van der Waals surface area contributed by atoms with Crippen molar-refractivity contribution in [2.24, 2.45) is 0 Å². The van der Waals surface area contributed by atoms with Gasteiger partial charge in [-0.2, -0.15) is 0 Å². The molecule has 150 valence electrons. The molecule has 0 bridgehead atoms. The number of rotatable bonds is 7. The first-order chi connectivity index (χ1) is 14.2. The number of methoxy groups -OCH3 is 2. The van der Waals surface area contributed by atoms with E-state index < -0.39 is 0 Å². The van der Waals surface area contributed by atoms with Gasteiger partial charge in [0.05, 0.1) is 18.6 Å². The number of nitrogens with one attached hydrogen (secondary N) is 1. The maximum Gasteiger partial charge on any atom is 0.265 e. The Balaban J connectivity index is 1.53. The number of fused-ring (bicyclic) bond motifs is 3. The summed E-state index contributed by atoms with van der Waals surface area (Å²) in [4.78, 5) is 14.8. The van der Waals surface area contributed by atoms with Crippen LogP contribution in [-0.2, 0) is 17.6 Å². The van der Waals surface area contributed by atoms with Crippen molar-refractivity contribution in [3.8, 4) is 21.9 Å². The number of amides is 1. The molecule has 0 spiro atoms. The van der Waals surface area contributed by atoms with Crippen molar-refractivity contribution in [3.05, 3.63) is 64.5 Å². The molecule has 1 N–H and O–H groups in total. The Hall–Kier alpha value is -2.83. The van der Waals surface area contributed by atoms with Crippen molar-refractivity contribution < 1.29 is 19.0 Å². The van der Waals surface area contributed by atoms with Crippen molar-refractivity contribution in [2.75, 3.05) is 32.8 Å². The lowest BCUT2D eigenvalue weighted by Gasteiger charge is -2.15. The van der Waals surface area contributed by atoms with Crippen LogP contribution in [0.3, 0.4) is 0 Å². The van der Waals surface area contributed by atoms with Gasteiger partial charge in [-0.3, -0.25) is 4.79 Å². The number of thiophene rings is 1. The molecule has 0 saturated heterocycles. The number of hydrogen-bond donors (Lipinski definition) is 1. The first kappa shape index (κ1) is 19.5. The lowest BCUT2D eigenvalue weighted by molar-refractivity contribution is 0.103. The van der Waals surface area contributed by atoms with Crippen molar-refractivity contribution in [2.45, 2.75) is 12.8 Å². The fourth-order valence-corrected chi connectivity index (χ4v) is 4.64. The largest absolute Gasteiger partial charge is 0.493 e. The SMILES string of the molecule is COCCOc1cc(NC(=O)c2cc3c(s2)-c2ccccc2CC3)ccc1OC. The molecule has 3 aromatic rings. The van der Waals surface area contributed by atoms with Gasteiger partial charge in [0.25, 0.3) is 5.91 Å². The average Bonchev–Trinajstić information content (AvgIpc) is 3.19. The molecule has 2 aromatic carbocycles. The van der Waals surface area contributed by atoms with Gasteiger partial charge in [-0.1, -0.05) is 24.3 Å². The topological polar surface area (TPSA) is 56.8 Å². The zero-order valence-corrected chi connectivity index (χ0v) is 17.3. The van der Waals surface area contributed by atoms with Crippen molar-refractivity contribution in [1.82, 2.24) is 0 Å². The molecule has 1 aliphatic carbocycles. The van der Waals surface area contributed by atoms with E-state index in [1.165, 1.54) is 21.6 Å². The zero-order valence-electron chi connectivity index (χ0n) is 16.5. The Morgan fingerprint density at radius 2 is 1.83 bits per heavy atom. The molecule has 0 fully saturated rings. The van der Waals surface area contributed by atoms with E-state index in [1.54, 1.807) is 37.7 Å². The molecule has 0 atom stereocenters.